The molecule has 0 bridgehead atoms. The van der Waals surface area contributed by atoms with E-state index in [1.165, 1.54) is 27.5 Å². The number of methoxy groups -OCH3 is 1. The smallest absolute Gasteiger partial charge is 0.128 e. The minimum atomic E-state index is 0.879. The van der Waals surface area contributed by atoms with E-state index in [4.69, 9.17) is 9.47 Å². The monoisotopic (exact) mass is 378 g/mol. The lowest BCUT2D eigenvalue weighted by atomic mass is 10.0. The van der Waals surface area contributed by atoms with E-state index in [2.05, 4.69) is 66.0 Å². The summed E-state index contributed by atoms with van der Waals surface area (Å²) in [6, 6.07) is 21.6. The van der Waals surface area contributed by atoms with E-state index in [0.29, 0.717) is 0 Å². The zero-order valence-corrected chi connectivity index (χ0v) is 16.6. The number of morpholine rings is 1. The summed E-state index contributed by atoms with van der Waals surface area (Å²) >= 11 is 0. The third kappa shape index (κ3) is 4.36. The van der Waals surface area contributed by atoms with Gasteiger partial charge in [0.05, 0.1) is 25.9 Å². The predicted molar refractivity (Wildman–Crippen MR) is 111 cm³/mol. The molecule has 0 saturated carbocycles. The van der Waals surface area contributed by atoms with Gasteiger partial charge in [0, 0.05) is 11.1 Å². The average Bonchev–Trinajstić information content (AvgIpc) is 2.75. The Morgan fingerprint density at radius 3 is 2.46 bits per heavy atom. The van der Waals surface area contributed by atoms with Crippen LogP contribution in [0.2, 0.25) is 0 Å². The maximum Gasteiger partial charge on any atom is 0.128 e. The molecule has 4 rings (SSSR count). The Morgan fingerprint density at radius 1 is 0.893 bits per heavy atom. The average molecular weight is 379 g/mol. The zero-order valence-electron chi connectivity index (χ0n) is 16.6. The van der Waals surface area contributed by atoms with Crippen LogP contribution in [0.4, 0.5) is 0 Å². The van der Waals surface area contributed by atoms with Crippen LogP contribution >= 0.6 is 0 Å². The van der Waals surface area contributed by atoms with E-state index >= 15 is 0 Å². The molecule has 146 valence electrons. The van der Waals surface area contributed by atoms with Crippen LogP contribution in [0.15, 0.2) is 60.7 Å². The Balaban J connectivity index is 1.47. The quantitative estimate of drug-likeness (QED) is 0.655. The molecular formula is C24H30N2O2+2. The molecule has 1 saturated heterocycles. The molecule has 3 aromatic carbocycles. The minimum absolute atomic E-state index is 0.879. The van der Waals surface area contributed by atoms with E-state index in [1.54, 1.807) is 12.0 Å². The van der Waals surface area contributed by atoms with Crippen molar-refractivity contribution in [2.75, 3.05) is 33.4 Å². The highest BCUT2D eigenvalue weighted by Crippen LogP contribution is 2.27. The van der Waals surface area contributed by atoms with Crippen molar-refractivity contribution in [3.63, 3.8) is 0 Å². The first-order valence-electron chi connectivity index (χ1n) is 10.2. The normalized spacial score (nSPS) is 15.0. The van der Waals surface area contributed by atoms with Crippen LogP contribution in [0.3, 0.4) is 0 Å². The van der Waals surface area contributed by atoms with Crippen LogP contribution in [0.5, 0.6) is 5.75 Å². The molecule has 0 unspecified atom stereocenters. The fourth-order valence-corrected chi connectivity index (χ4v) is 4.13. The van der Waals surface area contributed by atoms with E-state index in [0.717, 1.165) is 51.7 Å². The van der Waals surface area contributed by atoms with E-state index < -0.39 is 0 Å². The summed E-state index contributed by atoms with van der Waals surface area (Å²) < 4.78 is 11.1. The number of nitrogens with one attached hydrogen (secondary N) is 1. The first-order chi connectivity index (χ1) is 13.8. The summed E-state index contributed by atoms with van der Waals surface area (Å²) in [7, 11) is 1.76. The first kappa shape index (κ1) is 18.9. The van der Waals surface area contributed by atoms with Gasteiger partial charge in [0.1, 0.15) is 38.5 Å². The van der Waals surface area contributed by atoms with Crippen LogP contribution in [-0.2, 0) is 24.4 Å². The summed E-state index contributed by atoms with van der Waals surface area (Å²) in [5.41, 5.74) is 4.16. The van der Waals surface area contributed by atoms with Crippen molar-refractivity contribution in [3.8, 4) is 5.75 Å². The van der Waals surface area contributed by atoms with Crippen molar-refractivity contribution in [2.45, 2.75) is 19.6 Å². The molecule has 0 aliphatic carbocycles. The van der Waals surface area contributed by atoms with Crippen molar-refractivity contribution in [3.05, 3.63) is 77.4 Å². The SMILES string of the molecule is COc1ccc2ccccc2c1C[NH2+]Cc1ccccc1C[NH+]1CCOCC1. The van der Waals surface area contributed by atoms with Crippen LogP contribution in [0, 0.1) is 0 Å². The molecule has 0 spiro atoms. The maximum absolute atomic E-state index is 5.65. The summed E-state index contributed by atoms with van der Waals surface area (Å²) in [4.78, 5) is 1.62. The number of quaternary nitrogens is 2. The first-order valence-corrected chi connectivity index (χ1v) is 10.2. The summed E-state index contributed by atoms with van der Waals surface area (Å²) in [6.07, 6.45) is 0. The van der Waals surface area contributed by atoms with Gasteiger partial charge >= 0.3 is 0 Å². The number of benzene rings is 3. The number of hydrogen-bond donors (Lipinski definition) is 2. The third-order valence-electron chi connectivity index (χ3n) is 5.69. The van der Waals surface area contributed by atoms with Crippen molar-refractivity contribution < 1.29 is 19.7 Å². The highest BCUT2D eigenvalue weighted by Gasteiger charge is 2.17. The van der Waals surface area contributed by atoms with Crippen molar-refractivity contribution in [1.82, 2.24) is 0 Å². The Labute approximate surface area is 167 Å². The van der Waals surface area contributed by atoms with Gasteiger partial charge in [-0.15, -0.1) is 0 Å². The van der Waals surface area contributed by atoms with Gasteiger partial charge in [-0.1, -0.05) is 54.6 Å². The van der Waals surface area contributed by atoms with Gasteiger partial charge in [0.15, 0.2) is 0 Å². The predicted octanol–water partition coefficient (Wildman–Crippen LogP) is 1.53. The van der Waals surface area contributed by atoms with Crippen molar-refractivity contribution in [2.24, 2.45) is 0 Å². The van der Waals surface area contributed by atoms with Gasteiger partial charge in [0.2, 0.25) is 0 Å². The maximum atomic E-state index is 5.65. The highest BCUT2D eigenvalue weighted by molar-refractivity contribution is 5.87. The van der Waals surface area contributed by atoms with Crippen LogP contribution in [0.25, 0.3) is 10.8 Å². The fraction of sp³-hybridized carbons (Fsp3) is 0.333. The summed E-state index contributed by atoms with van der Waals surface area (Å²) in [6.45, 7) is 6.94. The van der Waals surface area contributed by atoms with E-state index in [1.807, 2.05) is 0 Å². The van der Waals surface area contributed by atoms with Gasteiger partial charge in [-0.3, -0.25) is 0 Å². The lowest BCUT2D eigenvalue weighted by molar-refractivity contribution is -0.921. The standard InChI is InChI=1S/C24H28N2O2/c1-27-24-11-10-19-6-4-5-9-22(19)23(24)17-25-16-20-7-2-3-8-21(20)18-26-12-14-28-15-13-26/h2-11,25H,12-18H2,1H3/p+2. The lowest BCUT2D eigenvalue weighted by Gasteiger charge is -2.24. The topological polar surface area (TPSA) is 39.5 Å². The Hall–Kier alpha value is -2.40. The molecule has 1 aliphatic heterocycles. The second kappa shape index (κ2) is 9.20. The minimum Gasteiger partial charge on any atom is -0.496 e. The largest absolute Gasteiger partial charge is 0.496 e. The second-order valence-electron chi connectivity index (χ2n) is 7.47. The molecule has 0 radical (unpaired) electrons. The Morgan fingerprint density at radius 2 is 1.64 bits per heavy atom. The Kier molecular flexibility index (Phi) is 6.22. The molecule has 3 aromatic rings. The van der Waals surface area contributed by atoms with E-state index in [-0.39, 0.29) is 0 Å². The molecule has 4 nitrogen and oxygen atoms in total. The second-order valence-corrected chi connectivity index (χ2v) is 7.47. The number of fused-ring (bicyclic) bond motifs is 1. The van der Waals surface area contributed by atoms with Gasteiger partial charge < -0.3 is 19.7 Å². The molecule has 0 aromatic heterocycles. The molecule has 1 heterocycles. The van der Waals surface area contributed by atoms with Crippen LogP contribution in [-0.4, -0.2) is 33.4 Å². The molecule has 1 aliphatic rings. The van der Waals surface area contributed by atoms with Crippen LogP contribution < -0.4 is 15.0 Å². The molecule has 28 heavy (non-hydrogen) atoms. The van der Waals surface area contributed by atoms with Gasteiger partial charge in [-0.25, -0.2) is 0 Å². The zero-order chi connectivity index (χ0) is 19.2. The summed E-state index contributed by atoms with van der Waals surface area (Å²) in [5.74, 6) is 0.973. The molecule has 1 fully saturated rings. The number of hydrogen-bond acceptors (Lipinski definition) is 2. The Bertz CT molecular complexity index is 919. The molecule has 0 atom stereocenters. The molecule has 3 N–H and O–H groups in total. The number of nitrogens with two attached hydrogens (primary N) is 1. The number of rotatable bonds is 7. The third-order valence-corrected chi connectivity index (χ3v) is 5.69. The molecule has 0 amide bonds. The van der Waals surface area contributed by atoms with Gasteiger partial charge in [-0.05, 0) is 16.8 Å². The van der Waals surface area contributed by atoms with Crippen molar-refractivity contribution >= 4 is 10.8 Å². The highest BCUT2D eigenvalue weighted by atomic mass is 16.5. The number of ether oxygens (including phenoxy) is 2. The van der Waals surface area contributed by atoms with Crippen LogP contribution in [0.1, 0.15) is 16.7 Å². The molecule has 4 heteroatoms. The lowest BCUT2D eigenvalue weighted by Crippen LogP contribution is -3.12. The summed E-state index contributed by atoms with van der Waals surface area (Å²) in [5, 5.41) is 4.93. The molecular weight excluding hydrogens is 348 g/mol. The van der Waals surface area contributed by atoms with Gasteiger partial charge in [-0.2, -0.15) is 0 Å². The van der Waals surface area contributed by atoms with E-state index in [9.17, 15) is 0 Å². The van der Waals surface area contributed by atoms with Crippen molar-refractivity contribution in [1.29, 1.82) is 0 Å². The fourth-order valence-electron chi connectivity index (χ4n) is 4.13. The van der Waals surface area contributed by atoms with Gasteiger partial charge in [0.25, 0.3) is 0 Å².